The summed E-state index contributed by atoms with van der Waals surface area (Å²) < 4.78 is 2.40. The lowest BCUT2D eigenvalue weighted by Crippen LogP contribution is -2.25. The van der Waals surface area contributed by atoms with Gasteiger partial charge in [-0.25, -0.2) is 0 Å². The Hall–Kier alpha value is -0.760. The summed E-state index contributed by atoms with van der Waals surface area (Å²) in [5.74, 6) is 0. The molecule has 0 aromatic carbocycles. The lowest BCUT2D eigenvalue weighted by atomic mass is 10.4. The Morgan fingerprint density at radius 1 is 1.29 bits per heavy atom. The van der Waals surface area contributed by atoms with Crippen molar-refractivity contribution in [1.82, 2.24) is 9.47 Å². The number of aryl methyl sites for hydroxylation is 2. The molecule has 0 N–H and O–H groups in total. The lowest BCUT2D eigenvalue weighted by molar-refractivity contribution is 0.307. The van der Waals surface area contributed by atoms with Gasteiger partial charge < -0.3 is 9.47 Å². The van der Waals surface area contributed by atoms with Crippen molar-refractivity contribution in [2.45, 2.75) is 39.3 Å². The number of aromatic nitrogens is 1. The Morgan fingerprint density at radius 2 is 1.86 bits per heavy atom. The SMILES string of the molecule is Cc1ccc(C)n1CCN(C)C1CC1. The van der Waals surface area contributed by atoms with Crippen LogP contribution in [-0.2, 0) is 6.54 Å². The van der Waals surface area contributed by atoms with Crippen LogP contribution in [0.1, 0.15) is 24.2 Å². The first-order valence-electron chi connectivity index (χ1n) is 5.51. The largest absolute Gasteiger partial charge is 0.348 e. The Kier molecular flexibility index (Phi) is 2.64. The van der Waals surface area contributed by atoms with Gasteiger partial charge in [0, 0.05) is 30.5 Å². The zero-order chi connectivity index (χ0) is 10.1. The third kappa shape index (κ3) is 2.01. The Labute approximate surface area is 86.5 Å². The van der Waals surface area contributed by atoms with Crippen molar-refractivity contribution in [2.75, 3.05) is 13.6 Å². The van der Waals surface area contributed by atoms with Crippen molar-refractivity contribution in [1.29, 1.82) is 0 Å². The number of nitrogens with zero attached hydrogens (tertiary/aromatic N) is 2. The molecule has 0 bridgehead atoms. The molecule has 1 aromatic rings. The van der Waals surface area contributed by atoms with E-state index >= 15 is 0 Å². The van der Waals surface area contributed by atoms with Crippen molar-refractivity contribution < 1.29 is 0 Å². The van der Waals surface area contributed by atoms with Crippen LogP contribution in [0, 0.1) is 13.8 Å². The fourth-order valence-corrected chi connectivity index (χ4v) is 2.01. The maximum atomic E-state index is 2.48. The van der Waals surface area contributed by atoms with E-state index in [0.29, 0.717) is 0 Å². The molecule has 2 rings (SSSR count). The summed E-state index contributed by atoms with van der Waals surface area (Å²) in [4.78, 5) is 2.48. The first-order chi connectivity index (χ1) is 6.68. The molecule has 0 radical (unpaired) electrons. The third-order valence-electron chi connectivity index (χ3n) is 3.26. The van der Waals surface area contributed by atoms with E-state index in [0.717, 1.165) is 12.6 Å². The number of hydrogen-bond acceptors (Lipinski definition) is 1. The van der Waals surface area contributed by atoms with E-state index in [9.17, 15) is 0 Å². The van der Waals surface area contributed by atoms with Gasteiger partial charge in [-0.3, -0.25) is 0 Å². The van der Waals surface area contributed by atoms with Gasteiger partial charge in [-0.2, -0.15) is 0 Å². The zero-order valence-electron chi connectivity index (χ0n) is 9.45. The molecule has 1 aliphatic carbocycles. The molecule has 0 amide bonds. The van der Waals surface area contributed by atoms with Crippen molar-refractivity contribution in [3.8, 4) is 0 Å². The molecule has 1 aromatic heterocycles. The highest BCUT2D eigenvalue weighted by Crippen LogP contribution is 2.25. The van der Waals surface area contributed by atoms with Gasteiger partial charge >= 0.3 is 0 Å². The van der Waals surface area contributed by atoms with Crippen LogP contribution in [0.2, 0.25) is 0 Å². The second-order valence-corrected chi connectivity index (χ2v) is 4.48. The van der Waals surface area contributed by atoms with E-state index < -0.39 is 0 Å². The van der Waals surface area contributed by atoms with Gasteiger partial charge in [0.2, 0.25) is 0 Å². The van der Waals surface area contributed by atoms with Gasteiger partial charge in [-0.05, 0) is 45.9 Å². The molecule has 1 fully saturated rings. The van der Waals surface area contributed by atoms with Gasteiger partial charge in [0.25, 0.3) is 0 Å². The molecule has 2 nitrogen and oxygen atoms in total. The maximum absolute atomic E-state index is 2.48. The average Bonchev–Trinajstić information content (AvgIpc) is 2.93. The molecule has 0 saturated heterocycles. The topological polar surface area (TPSA) is 8.17 Å². The minimum atomic E-state index is 0.881. The third-order valence-corrected chi connectivity index (χ3v) is 3.26. The van der Waals surface area contributed by atoms with E-state index in [2.05, 4.69) is 42.5 Å². The van der Waals surface area contributed by atoms with E-state index in [1.165, 1.54) is 30.8 Å². The number of rotatable bonds is 4. The van der Waals surface area contributed by atoms with Crippen LogP contribution in [0.5, 0.6) is 0 Å². The molecule has 1 heterocycles. The minimum absolute atomic E-state index is 0.881. The van der Waals surface area contributed by atoms with Gasteiger partial charge in [0.15, 0.2) is 0 Å². The van der Waals surface area contributed by atoms with Crippen LogP contribution < -0.4 is 0 Å². The quantitative estimate of drug-likeness (QED) is 0.710. The first-order valence-corrected chi connectivity index (χ1v) is 5.51. The van der Waals surface area contributed by atoms with Crippen LogP contribution in [0.25, 0.3) is 0 Å². The van der Waals surface area contributed by atoms with E-state index in [4.69, 9.17) is 0 Å². The summed E-state index contributed by atoms with van der Waals surface area (Å²) in [6, 6.07) is 5.28. The van der Waals surface area contributed by atoms with Gasteiger partial charge in [-0.15, -0.1) is 0 Å². The molecule has 78 valence electrons. The maximum Gasteiger partial charge on any atom is 0.0352 e. The van der Waals surface area contributed by atoms with Crippen LogP contribution in [0.4, 0.5) is 0 Å². The fourth-order valence-electron chi connectivity index (χ4n) is 2.01. The van der Waals surface area contributed by atoms with Crippen LogP contribution in [0.15, 0.2) is 12.1 Å². The highest BCUT2D eigenvalue weighted by molar-refractivity contribution is 5.13. The highest BCUT2D eigenvalue weighted by atomic mass is 15.2. The summed E-state index contributed by atoms with van der Waals surface area (Å²) in [6.45, 7) is 6.69. The van der Waals surface area contributed by atoms with Gasteiger partial charge in [0.05, 0.1) is 0 Å². The van der Waals surface area contributed by atoms with Crippen molar-refractivity contribution in [2.24, 2.45) is 0 Å². The Morgan fingerprint density at radius 3 is 2.36 bits per heavy atom. The van der Waals surface area contributed by atoms with E-state index in [1.807, 2.05) is 0 Å². The predicted octanol–water partition coefficient (Wildman–Crippen LogP) is 2.20. The summed E-state index contributed by atoms with van der Waals surface area (Å²) in [7, 11) is 2.24. The van der Waals surface area contributed by atoms with Crippen LogP contribution >= 0.6 is 0 Å². The molecule has 1 aliphatic rings. The Balaban J connectivity index is 1.90. The smallest absolute Gasteiger partial charge is 0.0352 e. The molecular weight excluding hydrogens is 172 g/mol. The summed E-state index contributed by atoms with van der Waals surface area (Å²) in [5.41, 5.74) is 2.76. The Bertz CT molecular complexity index is 291. The van der Waals surface area contributed by atoms with Crippen LogP contribution in [-0.4, -0.2) is 29.1 Å². The van der Waals surface area contributed by atoms with Gasteiger partial charge in [0.1, 0.15) is 0 Å². The van der Waals surface area contributed by atoms with Crippen molar-refractivity contribution >= 4 is 0 Å². The predicted molar refractivity (Wildman–Crippen MR) is 59.6 cm³/mol. The van der Waals surface area contributed by atoms with Crippen molar-refractivity contribution in [3.05, 3.63) is 23.5 Å². The van der Waals surface area contributed by atoms with Gasteiger partial charge in [-0.1, -0.05) is 0 Å². The molecular formula is C12H20N2. The zero-order valence-corrected chi connectivity index (χ0v) is 9.45. The minimum Gasteiger partial charge on any atom is -0.348 e. The molecule has 14 heavy (non-hydrogen) atoms. The van der Waals surface area contributed by atoms with Crippen LogP contribution in [0.3, 0.4) is 0 Å². The second-order valence-electron chi connectivity index (χ2n) is 4.48. The van der Waals surface area contributed by atoms with E-state index in [-0.39, 0.29) is 0 Å². The summed E-state index contributed by atoms with van der Waals surface area (Å²) in [5, 5.41) is 0. The molecule has 0 aliphatic heterocycles. The normalized spacial score (nSPS) is 16.6. The standard InChI is InChI=1S/C12H20N2/c1-10-4-5-11(2)14(10)9-8-13(3)12-6-7-12/h4-5,12H,6-9H2,1-3H3. The summed E-state index contributed by atoms with van der Waals surface area (Å²) in [6.07, 6.45) is 2.81. The molecule has 2 heteroatoms. The monoisotopic (exact) mass is 192 g/mol. The molecule has 1 saturated carbocycles. The highest BCUT2D eigenvalue weighted by Gasteiger charge is 2.25. The lowest BCUT2D eigenvalue weighted by Gasteiger charge is -2.17. The summed E-state index contributed by atoms with van der Waals surface area (Å²) >= 11 is 0. The number of hydrogen-bond donors (Lipinski definition) is 0. The molecule has 0 spiro atoms. The van der Waals surface area contributed by atoms with Crippen molar-refractivity contribution in [3.63, 3.8) is 0 Å². The second kappa shape index (κ2) is 3.77. The first kappa shape index (κ1) is 9.78. The van der Waals surface area contributed by atoms with E-state index in [1.54, 1.807) is 0 Å². The molecule has 0 atom stereocenters. The fraction of sp³-hybridized carbons (Fsp3) is 0.667. The number of likely N-dealkylation sites (N-methyl/N-ethyl adjacent to an activating group) is 1. The molecule has 0 unspecified atom stereocenters. The average molecular weight is 192 g/mol.